The lowest BCUT2D eigenvalue weighted by atomic mass is 10.2. The van der Waals surface area contributed by atoms with Crippen molar-refractivity contribution in [3.05, 3.63) is 0 Å². The largest absolute Gasteiger partial charge is 0.389 e. The average Bonchev–Trinajstić information content (AvgIpc) is 1.81. The summed E-state index contributed by atoms with van der Waals surface area (Å²) in [6.07, 6.45) is -5.56. The first-order valence-electron chi connectivity index (χ1n) is 2.88. The zero-order valence-electron chi connectivity index (χ0n) is 5.61. The van der Waals surface area contributed by atoms with Crippen LogP contribution in [0.5, 0.6) is 0 Å². The fraction of sp³-hybridized carbons (Fsp3) is 1.00. The molecule has 0 heterocycles. The highest BCUT2D eigenvalue weighted by atomic mass is 19.4. The lowest BCUT2D eigenvalue weighted by molar-refractivity contribution is -0.141. The van der Waals surface area contributed by atoms with Crippen LogP contribution in [-0.2, 0) is 4.84 Å². The van der Waals surface area contributed by atoms with Crippen LogP contribution in [0.15, 0.2) is 0 Å². The van der Waals surface area contributed by atoms with Crippen LogP contribution in [0.2, 0.25) is 0 Å². The molecule has 10 heavy (non-hydrogen) atoms. The van der Waals surface area contributed by atoms with Gasteiger partial charge in [0.2, 0.25) is 0 Å². The van der Waals surface area contributed by atoms with Crippen LogP contribution >= 0.6 is 0 Å². The predicted octanol–water partition coefficient (Wildman–Crippen LogP) is 1.61. The highest BCUT2D eigenvalue weighted by molar-refractivity contribution is 4.55. The molecule has 0 aliphatic heterocycles. The van der Waals surface area contributed by atoms with Gasteiger partial charge in [-0.15, -0.1) is 0 Å². The van der Waals surface area contributed by atoms with Crippen LogP contribution in [0.25, 0.3) is 0 Å². The van der Waals surface area contributed by atoms with Gasteiger partial charge in [-0.2, -0.15) is 13.2 Å². The topological polar surface area (TPSA) is 35.2 Å². The Hall–Kier alpha value is -0.290. The Morgan fingerprint density at radius 3 is 2.30 bits per heavy atom. The van der Waals surface area contributed by atoms with E-state index in [4.69, 9.17) is 0 Å². The van der Waals surface area contributed by atoms with Crippen molar-refractivity contribution in [1.82, 2.24) is 0 Å². The zero-order chi connectivity index (χ0) is 8.20. The minimum atomic E-state index is -4.10. The zero-order valence-corrected chi connectivity index (χ0v) is 5.61. The number of hydrogen-bond donors (Lipinski definition) is 1. The monoisotopic (exact) mass is 157 g/mol. The average molecular weight is 157 g/mol. The first kappa shape index (κ1) is 9.71. The number of hydrogen-bond acceptors (Lipinski definition) is 2. The van der Waals surface area contributed by atoms with E-state index < -0.39 is 18.7 Å². The molecule has 0 fully saturated rings. The highest BCUT2D eigenvalue weighted by Crippen LogP contribution is 2.22. The molecule has 0 amide bonds. The fourth-order valence-corrected chi connectivity index (χ4v) is 0.435. The normalized spacial score (nSPS) is 15.3. The molecule has 0 rings (SSSR count). The van der Waals surface area contributed by atoms with Gasteiger partial charge in [-0.3, -0.25) is 0 Å². The van der Waals surface area contributed by atoms with Crippen LogP contribution in [-0.4, -0.2) is 12.3 Å². The van der Waals surface area contributed by atoms with E-state index in [9.17, 15) is 13.2 Å². The van der Waals surface area contributed by atoms with Gasteiger partial charge in [0, 0.05) is 6.42 Å². The maximum atomic E-state index is 11.5. The van der Waals surface area contributed by atoms with Crippen LogP contribution < -0.4 is 5.90 Å². The van der Waals surface area contributed by atoms with Crippen LogP contribution in [0, 0.1) is 0 Å². The SMILES string of the molecule is CC(CCC(F)(F)F)ON. The second-order valence-corrected chi connectivity index (χ2v) is 2.10. The summed E-state index contributed by atoms with van der Waals surface area (Å²) in [5, 5.41) is 0. The molecule has 0 radical (unpaired) electrons. The molecule has 0 bridgehead atoms. The molecule has 0 aromatic carbocycles. The van der Waals surface area contributed by atoms with E-state index in [1.807, 2.05) is 0 Å². The van der Waals surface area contributed by atoms with E-state index in [0.29, 0.717) is 0 Å². The van der Waals surface area contributed by atoms with Crippen LogP contribution in [0.3, 0.4) is 0 Å². The van der Waals surface area contributed by atoms with Gasteiger partial charge < -0.3 is 4.84 Å². The van der Waals surface area contributed by atoms with E-state index >= 15 is 0 Å². The molecule has 2 N–H and O–H groups in total. The van der Waals surface area contributed by atoms with Crippen molar-refractivity contribution in [2.45, 2.75) is 32.0 Å². The van der Waals surface area contributed by atoms with Gasteiger partial charge in [0.05, 0.1) is 6.10 Å². The molecular weight excluding hydrogens is 147 g/mol. The maximum Gasteiger partial charge on any atom is 0.389 e. The van der Waals surface area contributed by atoms with Gasteiger partial charge in [0.15, 0.2) is 0 Å². The van der Waals surface area contributed by atoms with E-state index in [1.165, 1.54) is 6.92 Å². The Balaban J connectivity index is 3.36. The number of rotatable bonds is 3. The molecule has 0 saturated heterocycles. The van der Waals surface area contributed by atoms with Crippen LogP contribution in [0.4, 0.5) is 13.2 Å². The molecule has 0 saturated carbocycles. The van der Waals surface area contributed by atoms with E-state index in [2.05, 4.69) is 10.7 Å². The lowest BCUT2D eigenvalue weighted by Gasteiger charge is -2.09. The number of halogens is 3. The standard InChI is InChI=1S/C5H10F3NO/c1-4(10-9)2-3-5(6,7)8/h4H,2-3,9H2,1H3. The summed E-state index contributed by atoms with van der Waals surface area (Å²) < 4.78 is 34.4. The summed E-state index contributed by atoms with van der Waals surface area (Å²) in [6, 6.07) is 0. The summed E-state index contributed by atoms with van der Waals surface area (Å²) in [4.78, 5) is 4.15. The fourth-order valence-electron chi connectivity index (χ4n) is 0.435. The van der Waals surface area contributed by atoms with Gasteiger partial charge in [0.25, 0.3) is 0 Å². The van der Waals surface area contributed by atoms with Crippen molar-refractivity contribution >= 4 is 0 Å². The molecule has 0 aliphatic carbocycles. The Morgan fingerprint density at radius 2 is 2.00 bits per heavy atom. The lowest BCUT2D eigenvalue weighted by Crippen LogP contribution is -2.17. The smallest absolute Gasteiger partial charge is 0.302 e. The van der Waals surface area contributed by atoms with Gasteiger partial charge in [-0.05, 0) is 13.3 Å². The molecule has 62 valence electrons. The summed E-state index contributed by atoms with van der Waals surface area (Å²) in [6.45, 7) is 1.49. The molecule has 1 unspecified atom stereocenters. The third-order valence-corrected chi connectivity index (χ3v) is 1.07. The Kier molecular flexibility index (Phi) is 3.67. The molecule has 0 aromatic heterocycles. The maximum absolute atomic E-state index is 11.5. The van der Waals surface area contributed by atoms with Gasteiger partial charge in [0.1, 0.15) is 0 Å². The van der Waals surface area contributed by atoms with E-state index in [0.717, 1.165) is 0 Å². The molecule has 0 spiro atoms. The summed E-state index contributed by atoms with van der Waals surface area (Å²) in [5.74, 6) is 4.63. The molecule has 2 nitrogen and oxygen atoms in total. The van der Waals surface area contributed by atoms with E-state index in [-0.39, 0.29) is 6.42 Å². The Bertz CT molecular complexity index is 93.4. The van der Waals surface area contributed by atoms with Crippen molar-refractivity contribution < 1.29 is 18.0 Å². The Morgan fingerprint density at radius 1 is 1.50 bits per heavy atom. The van der Waals surface area contributed by atoms with Crippen molar-refractivity contribution in [3.8, 4) is 0 Å². The quantitative estimate of drug-likeness (QED) is 0.631. The summed E-state index contributed by atoms with van der Waals surface area (Å²) >= 11 is 0. The second kappa shape index (κ2) is 3.78. The van der Waals surface area contributed by atoms with Crippen molar-refractivity contribution in [3.63, 3.8) is 0 Å². The second-order valence-electron chi connectivity index (χ2n) is 2.10. The minimum absolute atomic E-state index is 0.0833. The molecule has 0 aromatic rings. The van der Waals surface area contributed by atoms with Crippen LogP contribution in [0.1, 0.15) is 19.8 Å². The number of alkyl halides is 3. The third kappa shape index (κ3) is 5.84. The van der Waals surface area contributed by atoms with Crippen molar-refractivity contribution in [2.75, 3.05) is 0 Å². The van der Waals surface area contributed by atoms with Crippen molar-refractivity contribution in [1.29, 1.82) is 0 Å². The molecular formula is C5H10F3NO. The number of nitrogens with two attached hydrogens (primary N) is 1. The minimum Gasteiger partial charge on any atom is -0.302 e. The molecule has 0 aliphatic rings. The third-order valence-electron chi connectivity index (χ3n) is 1.07. The first-order chi connectivity index (χ1) is 4.45. The summed E-state index contributed by atoms with van der Waals surface area (Å²) in [5.41, 5.74) is 0. The molecule has 1 atom stereocenters. The Labute approximate surface area is 57.1 Å². The van der Waals surface area contributed by atoms with E-state index in [1.54, 1.807) is 0 Å². The first-order valence-corrected chi connectivity index (χ1v) is 2.88. The van der Waals surface area contributed by atoms with Gasteiger partial charge in [-0.25, -0.2) is 5.90 Å². The van der Waals surface area contributed by atoms with Gasteiger partial charge >= 0.3 is 6.18 Å². The summed E-state index contributed by atoms with van der Waals surface area (Å²) in [7, 11) is 0. The molecule has 5 heteroatoms. The predicted molar refractivity (Wildman–Crippen MR) is 30.0 cm³/mol. The van der Waals surface area contributed by atoms with Crippen molar-refractivity contribution in [2.24, 2.45) is 5.90 Å². The van der Waals surface area contributed by atoms with Gasteiger partial charge in [-0.1, -0.05) is 0 Å². The highest BCUT2D eigenvalue weighted by Gasteiger charge is 2.27.